The number of hydroxylamine groups is 1. The number of nitrogens with one attached hydrogen (secondary N) is 1. The van der Waals surface area contributed by atoms with Crippen LogP contribution in [0.4, 0.5) is 0 Å². The number of hydrogen-bond donors (Lipinski definition) is 3. The van der Waals surface area contributed by atoms with Crippen LogP contribution in [0.5, 0.6) is 5.75 Å². The fourth-order valence-corrected chi connectivity index (χ4v) is 7.12. The predicted molar refractivity (Wildman–Crippen MR) is 137 cm³/mol. The van der Waals surface area contributed by atoms with Crippen LogP contribution in [-0.4, -0.2) is 79.2 Å². The summed E-state index contributed by atoms with van der Waals surface area (Å²) in [7, 11) is -4.11. The maximum Gasteiger partial charge on any atom is 0.265 e. The SMILES string of the molecule is O=C(CCCOc1ccc(S(=O)(=O)C2(C(=O)NO)CCOCC2)cc1)N1CC[C@@H](c2ccccc2)[C@H](O)C1. The molecule has 0 bridgehead atoms. The first-order chi connectivity index (χ1) is 18.3. The summed E-state index contributed by atoms with van der Waals surface area (Å²) < 4.78 is 35.7. The zero-order valence-electron chi connectivity index (χ0n) is 21.1. The van der Waals surface area contributed by atoms with Gasteiger partial charge in [-0.1, -0.05) is 30.3 Å². The van der Waals surface area contributed by atoms with Crippen LogP contribution in [-0.2, 0) is 24.2 Å². The molecule has 0 spiro atoms. The highest BCUT2D eigenvalue weighted by Crippen LogP contribution is 2.36. The van der Waals surface area contributed by atoms with Crippen molar-refractivity contribution in [1.29, 1.82) is 0 Å². The zero-order valence-corrected chi connectivity index (χ0v) is 21.9. The van der Waals surface area contributed by atoms with Crippen LogP contribution in [0.25, 0.3) is 0 Å². The van der Waals surface area contributed by atoms with Gasteiger partial charge in [-0.25, -0.2) is 13.9 Å². The molecule has 2 heterocycles. The molecule has 0 aromatic heterocycles. The average molecular weight is 547 g/mol. The molecular weight excluding hydrogens is 512 g/mol. The number of rotatable bonds is 9. The first-order valence-electron chi connectivity index (χ1n) is 12.8. The average Bonchev–Trinajstić information content (AvgIpc) is 2.95. The number of benzene rings is 2. The third-order valence-electron chi connectivity index (χ3n) is 7.43. The van der Waals surface area contributed by atoms with Gasteiger partial charge >= 0.3 is 0 Å². The van der Waals surface area contributed by atoms with E-state index in [1.807, 2.05) is 30.3 Å². The number of nitrogens with zero attached hydrogens (tertiary/aromatic N) is 1. The first kappa shape index (κ1) is 28.0. The molecule has 38 heavy (non-hydrogen) atoms. The van der Waals surface area contributed by atoms with Crippen molar-refractivity contribution in [2.24, 2.45) is 0 Å². The minimum atomic E-state index is -4.11. The highest BCUT2D eigenvalue weighted by atomic mass is 32.2. The molecular formula is C27H34N2O8S. The summed E-state index contributed by atoms with van der Waals surface area (Å²) >= 11 is 0. The Morgan fingerprint density at radius 2 is 1.76 bits per heavy atom. The molecule has 0 aliphatic carbocycles. The molecule has 0 radical (unpaired) electrons. The molecule has 2 atom stereocenters. The van der Waals surface area contributed by atoms with Gasteiger partial charge in [-0.3, -0.25) is 14.8 Å². The molecule has 2 amide bonds. The van der Waals surface area contributed by atoms with Crippen LogP contribution in [0.1, 0.15) is 43.6 Å². The van der Waals surface area contributed by atoms with Gasteiger partial charge in [0.15, 0.2) is 14.6 Å². The summed E-state index contributed by atoms with van der Waals surface area (Å²) in [6.07, 6.45) is 0.717. The minimum absolute atomic E-state index is 0.0229. The third kappa shape index (κ3) is 5.85. The van der Waals surface area contributed by atoms with Gasteiger partial charge in [0.25, 0.3) is 5.91 Å². The van der Waals surface area contributed by atoms with Gasteiger partial charge in [-0.2, -0.15) is 0 Å². The van der Waals surface area contributed by atoms with E-state index in [1.54, 1.807) is 4.90 Å². The third-order valence-corrected chi connectivity index (χ3v) is 9.95. The summed E-state index contributed by atoms with van der Waals surface area (Å²) in [6.45, 7) is 1.34. The van der Waals surface area contributed by atoms with Gasteiger partial charge in [0.2, 0.25) is 5.91 Å². The number of amides is 2. The maximum atomic E-state index is 13.3. The lowest BCUT2D eigenvalue weighted by atomic mass is 9.87. The number of aliphatic hydroxyl groups is 1. The summed E-state index contributed by atoms with van der Waals surface area (Å²) in [5.41, 5.74) is 2.58. The number of sulfone groups is 1. The lowest BCUT2D eigenvalue weighted by molar-refractivity contribution is -0.135. The van der Waals surface area contributed by atoms with E-state index in [0.717, 1.165) is 5.56 Å². The summed E-state index contributed by atoms with van der Waals surface area (Å²) in [5.74, 6) is -0.551. The van der Waals surface area contributed by atoms with Crippen molar-refractivity contribution in [3.8, 4) is 5.75 Å². The van der Waals surface area contributed by atoms with Gasteiger partial charge in [0, 0.05) is 38.6 Å². The molecule has 2 aromatic rings. The molecule has 4 rings (SSSR count). The van der Waals surface area contributed by atoms with E-state index >= 15 is 0 Å². The molecule has 2 aliphatic heterocycles. The molecule has 0 unspecified atom stereocenters. The van der Waals surface area contributed by atoms with E-state index in [0.29, 0.717) is 31.7 Å². The van der Waals surface area contributed by atoms with Gasteiger partial charge in [-0.05, 0) is 55.5 Å². The van der Waals surface area contributed by atoms with Gasteiger partial charge in [0.1, 0.15) is 5.75 Å². The molecule has 2 aliphatic rings. The largest absolute Gasteiger partial charge is 0.494 e. The summed E-state index contributed by atoms with van der Waals surface area (Å²) in [6, 6.07) is 15.6. The van der Waals surface area contributed by atoms with Gasteiger partial charge in [0.05, 0.1) is 17.6 Å². The Labute approximate surface area is 222 Å². The second-order valence-corrected chi connectivity index (χ2v) is 11.9. The fraction of sp³-hybridized carbons (Fsp3) is 0.481. The molecule has 3 N–H and O–H groups in total. The van der Waals surface area contributed by atoms with Crippen LogP contribution in [0.2, 0.25) is 0 Å². The standard InChI is InChI=1S/C27H34N2O8S/c30-24-19-29(15-12-23(24)20-5-2-1-3-6-20)25(31)7-4-16-37-21-8-10-22(11-9-21)38(34,35)27(26(32)28-33)13-17-36-18-14-27/h1-3,5-6,8-11,23-24,30,33H,4,7,12-19H2,(H,28,32)/t23-,24+/m0/s1. The zero-order chi connectivity index (χ0) is 27.2. The maximum absolute atomic E-state index is 13.3. The Bertz CT molecular complexity index is 1200. The highest BCUT2D eigenvalue weighted by Gasteiger charge is 2.52. The molecule has 206 valence electrons. The molecule has 2 saturated heterocycles. The highest BCUT2D eigenvalue weighted by molar-refractivity contribution is 7.93. The van der Waals surface area contributed by atoms with Crippen molar-refractivity contribution in [2.45, 2.75) is 53.8 Å². The van der Waals surface area contributed by atoms with Crippen LogP contribution in [0, 0.1) is 0 Å². The van der Waals surface area contributed by atoms with Crippen molar-refractivity contribution < 1.29 is 37.8 Å². The number of hydrogen-bond acceptors (Lipinski definition) is 8. The van der Waals surface area contributed by atoms with Crippen molar-refractivity contribution in [3.05, 3.63) is 60.2 Å². The molecule has 2 fully saturated rings. The quantitative estimate of drug-likeness (QED) is 0.246. The van der Waals surface area contributed by atoms with Crippen LogP contribution < -0.4 is 10.2 Å². The van der Waals surface area contributed by atoms with Crippen molar-refractivity contribution >= 4 is 21.7 Å². The Morgan fingerprint density at radius 3 is 2.39 bits per heavy atom. The Morgan fingerprint density at radius 1 is 1.08 bits per heavy atom. The van der Waals surface area contributed by atoms with E-state index in [2.05, 4.69) is 0 Å². The van der Waals surface area contributed by atoms with Gasteiger partial charge in [-0.15, -0.1) is 0 Å². The number of carbonyl (C=O) groups excluding carboxylic acids is 2. The van der Waals surface area contributed by atoms with Gasteiger partial charge < -0.3 is 19.5 Å². The van der Waals surface area contributed by atoms with E-state index < -0.39 is 26.6 Å². The Hall–Kier alpha value is -2.99. The van der Waals surface area contributed by atoms with E-state index in [-0.39, 0.29) is 55.8 Å². The second kappa shape index (κ2) is 12.2. The Kier molecular flexibility index (Phi) is 9.03. The van der Waals surface area contributed by atoms with E-state index in [4.69, 9.17) is 14.7 Å². The minimum Gasteiger partial charge on any atom is -0.494 e. The molecule has 2 aromatic carbocycles. The van der Waals surface area contributed by atoms with Crippen LogP contribution >= 0.6 is 0 Å². The molecule has 0 saturated carbocycles. The monoisotopic (exact) mass is 546 g/mol. The molecule has 11 heteroatoms. The van der Waals surface area contributed by atoms with Crippen LogP contribution in [0.3, 0.4) is 0 Å². The first-order valence-corrected chi connectivity index (χ1v) is 14.3. The second-order valence-electron chi connectivity index (χ2n) is 9.69. The lowest BCUT2D eigenvalue weighted by Gasteiger charge is -2.36. The number of likely N-dealkylation sites (tertiary alicyclic amines) is 1. The predicted octanol–water partition coefficient (Wildman–Crippen LogP) is 2.05. The fourth-order valence-electron chi connectivity index (χ4n) is 5.18. The summed E-state index contributed by atoms with van der Waals surface area (Å²) in [5, 5.41) is 19.7. The van der Waals surface area contributed by atoms with E-state index in [1.165, 1.54) is 29.7 Å². The number of piperidine rings is 1. The summed E-state index contributed by atoms with van der Waals surface area (Å²) in [4.78, 5) is 26.6. The number of aliphatic hydroxyl groups excluding tert-OH is 1. The number of carbonyl (C=O) groups is 2. The normalized spacial score (nSPS) is 21.5. The van der Waals surface area contributed by atoms with Crippen LogP contribution in [0.15, 0.2) is 59.5 Å². The number of ether oxygens (including phenoxy) is 2. The van der Waals surface area contributed by atoms with Crippen molar-refractivity contribution in [2.75, 3.05) is 32.9 Å². The lowest BCUT2D eigenvalue weighted by Crippen LogP contribution is -2.54. The van der Waals surface area contributed by atoms with E-state index in [9.17, 15) is 23.1 Å². The topological polar surface area (TPSA) is 142 Å². The number of β-amino-alcohol motifs (C(OH)–C–C–N with tert-alkyl or cyclic N) is 1. The molecule has 10 nitrogen and oxygen atoms in total. The Balaban J connectivity index is 1.26. The van der Waals surface area contributed by atoms with Crippen molar-refractivity contribution in [1.82, 2.24) is 10.4 Å². The van der Waals surface area contributed by atoms with Crippen molar-refractivity contribution in [3.63, 3.8) is 0 Å². The smallest absolute Gasteiger partial charge is 0.265 e.